The van der Waals surface area contributed by atoms with Crippen LogP contribution in [0.2, 0.25) is 0 Å². The summed E-state index contributed by atoms with van der Waals surface area (Å²) < 4.78 is 5.35. The van der Waals surface area contributed by atoms with Crippen LogP contribution in [0.15, 0.2) is 29.7 Å². The number of rotatable bonds is 7. The molecule has 2 rings (SSSR count). The number of hydrogen-bond acceptors (Lipinski definition) is 5. The van der Waals surface area contributed by atoms with Crippen molar-refractivity contribution in [3.63, 3.8) is 0 Å². The molecule has 4 nitrogen and oxygen atoms in total. The first-order chi connectivity index (χ1) is 10.1. The lowest BCUT2D eigenvalue weighted by Crippen LogP contribution is -2.27. The van der Waals surface area contributed by atoms with Crippen LogP contribution in [0.25, 0.3) is 9.88 Å². The predicted molar refractivity (Wildman–Crippen MR) is 88.1 cm³/mol. The minimum atomic E-state index is -0.0910. The van der Waals surface area contributed by atoms with Gasteiger partial charge in [-0.25, -0.2) is 4.98 Å². The molecular formula is C15H18N2O2S2. The maximum absolute atomic E-state index is 12.1. The van der Waals surface area contributed by atoms with Gasteiger partial charge in [-0.15, -0.1) is 22.7 Å². The third kappa shape index (κ3) is 4.49. The molecule has 6 heteroatoms. The van der Waals surface area contributed by atoms with Gasteiger partial charge < -0.3 is 10.1 Å². The largest absolute Gasteiger partial charge is 0.375 e. The fourth-order valence-electron chi connectivity index (χ4n) is 1.68. The zero-order chi connectivity index (χ0) is 15.2. The van der Waals surface area contributed by atoms with Gasteiger partial charge in [-0.1, -0.05) is 18.2 Å². The first kappa shape index (κ1) is 15.9. The second-order valence-electron chi connectivity index (χ2n) is 4.68. The Labute approximate surface area is 132 Å². The molecule has 0 saturated heterocycles. The first-order valence-electron chi connectivity index (χ1n) is 6.59. The second kappa shape index (κ2) is 7.49. The van der Waals surface area contributed by atoms with Gasteiger partial charge >= 0.3 is 0 Å². The summed E-state index contributed by atoms with van der Waals surface area (Å²) >= 11 is 3.05. The van der Waals surface area contributed by atoms with Crippen LogP contribution in [0.5, 0.6) is 0 Å². The molecule has 0 aliphatic heterocycles. The maximum atomic E-state index is 12.1. The Kier molecular flexibility index (Phi) is 5.67. The molecule has 2 aromatic rings. The lowest BCUT2D eigenvalue weighted by molar-refractivity contribution is 0.0930. The molecule has 1 amide bonds. The molecule has 0 saturated carbocycles. The van der Waals surface area contributed by atoms with E-state index in [9.17, 15) is 4.79 Å². The summed E-state index contributed by atoms with van der Waals surface area (Å²) in [5.41, 5.74) is 1.74. The molecule has 0 aliphatic carbocycles. The van der Waals surface area contributed by atoms with E-state index in [1.807, 2.05) is 31.4 Å². The lowest BCUT2D eigenvalue weighted by atomic mass is 10.3. The Morgan fingerprint density at radius 2 is 2.33 bits per heavy atom. The summed E-state index contributed by atoms with van der Waals surface area (Å²) in [6, 6.07) is 3.99. The molecule has 2 heterocycles. The summed E-state index contributed by atoms with van der Waals surface area (Å²) in [5, 5.41) is 5.75. The van der Waals surface area contributed by atoms with Crippen molar-refractivity contribution in [3.05, 3.63) is 40.2 Å². The quantitative estimate of drug-likeness (QED) is 0.627. The summed E-state index contributed by atoms with van der Waals surface area (Å²) in [5.74, 6) is -0.0910. The number of ether oxygens (including phenoxy) is 1. The number of thiophene rings is 1. The third-order valence-electron chi connectivity index (χ3n) is 2.62. The van der Waals surface area contributed by atoms with Crippen molar-refractivity contribution in [1.82, 2.24) is 10.3 Å². The van der Waals surface area contributed by atoms with E-state index in [0.29, 0.717) is 24.6 Å². The summed E-state index contributed by atoms with van der Waals surface area (Å²) in [4.78, 5) is 18.4. The van der Waals surface area contributed by atoms with Crippen molar-refractivity contribution in [2.45, 2.75) is 13.8 Å². The van der Waals surface area contributed by atoms with E-state index >= 15 is 0 Å². The molecule has 0 aromatic carbocycles. The monoisotopic (exact) mass is 322 g/mol. The highest BCUT2D eigenvalue weighted by Crippen LogP contribution is 2.30. The Balaban J connectivity index is 1.89. The molecule has 0 atom stereocenters. The van der Waals surface area contributed by atoms with Crippen molar-refractivity contribution in [2.24, 2.45) is 0 Å². The third-order valence-corrected chi connectivity index (χ3v) is 4.81. The number of nitrogens with zero attached hydrogens (tertiary/aromatic N) is 1. The van der Waals surface area contributed by atoms with Crippen LogP contribution >= 0.6 is 22.7 Å². The van der Waals surface area contributed by atoms with Crippen LogP contribution in [-0.2, 0) is 4.74 Å². The Bertz CT molecular complexity index is 618. The highest BCUT2D eigenvalue weighted by molar-refractivity contribution is 7.22. The van der Waals surface area contributed by atoms with Crippen molar-refractivity contribution in [3.8, 4) is 9.88 Å². The van der Waals surface area contributed by atoms with Gasteiger partial charge in [0.1, 0.15) is 9.88 Å². The van der Waals surface area contributed by atoms with Gasteiger partial charge in [-0.3, -0.25) is 4.79 Å². The molecule has 112 valence electrons. The van der Waals surface area contributed by atoms with Crippen LogP contribution in [0.1, 0.15) is 22.3 Å². The Morgan fingerprint density at radius 3 is 3.00 bits per heavy atom. The minimum absolute atomic E-state index is 0.0910. The maximum Gasteiger partial charge on any atom is 0.263 e. The number of hydrogen-bond donors (Lipinski definition) is 1. The van der Waals surface area contributed by atoms with Gasteiger partial charge in [0.2, 0.25) is 0 Å². The molecule has 0 fully saturated rings. The fourth-order valence-corrected chi connectivity index (χ4v) is 3.46. The summed E-state index contributed by atoms with van der Waals surface area (Å²) in [6.45, 7) is 9.02. The normalized spacial score (nSPS) is 10.6. The molecule has 0 bridgehead atoms. The van der Waals surface area contributed by atoms with Crippen molar-refractivity contribution < 1.29 is 9.53 Å². The van der Waals surface area contributed by atoms with E-state index in [4.69, 9.17) is 4.74 Å². The van der Waals surface area contributed by atoms with Crippen LogP contribution < -0.4 is 5.32 Å². The second-order valence-corrected chi connectivity index (χ2v) is 6.62. The van der Waals surface area contributed by atoms with E-state index in [0.717, 1.165) is 21.2 Å². The Morgan fingerprint density at radius 1 is 1.52 bits per heavy atom. The van der Waals surface area contributed by atoms with Crippen LogP contribution in [-0.4, -0.2) is 30.6 Å². The highest BCUT2D eigenvalue weighted by Gasteiger charge is 2.16. The molecule has 0 unspecified atom stereocenters. The number of carbonyl (C=O) groups excluding carboxylic acids is 1. The van der Waals surface area contributed by atoms with E-state index in [1.54, 1.807) is 11.3 Å². The van der Waals surface area contributed by atoms with E-state index in [1.165, 1.54) is 11.3 Å². The zero-order valence-electron chi connectivity index (χ0n) is 12.1. The van der Waals surface area contributed by atoms with Crippen LogP contribution in [0, 0.1) is 6.92 Å². The SMILES string of the molecule is C=C(C)COCCNC(=O)c1sc(-c2cccs2)nc1C. The van der Waals surface area contributed by atoms with Gasteiger partial charge in [-0.2, -0.15) is 0 Å². The zero-order valence-corrected chi connectivity index (χ0v) is 13.8. The smallest absolute Gasteiger partial charge is 0.263 e. The van der Waals surface area contributed by atoms with Crippen molar-refractivity contribution in [1.29, 1.82) is 0 Å². The van der Waals surface area contributed by atoms with Crippen molar-refractivity contribution in [2.75, 3.05) is 19.8 Å². The van der Waals surface area contributed by atoms with Crippen LogP contribution in [0.4, 0.5) is 0 Å². The molecule has 1 N–H and O–H groups in total. The molecular weight excluding hydrogens is 304 g/mol. The van der Waals surface area contributed by atoms with E-state index < -0.39 is 0 Å². The highest BCUT2D eigenvalue weighted by atomic mass is 32.1. The van der Waals surface area contributed by atoms with Gasteiger partial charge in [0.15, 0.2) is 0 Å². The van der Waals surface area contributed by atoms with Crippen molar-refractivity contribution >= 4 is 28.6 Å². The van der Waals surface area contributed by atoms with E-state index in [-0.39, 0.29) is 5.91 Å². The topological polar surface area (TPSA) is 51.2 Å². The molecule has 0 spiro atoms. The number of thiazole rings is 1. The minimum Gasteiger partial charge on any atom is -0.375 e. The average molecular weight is 322 g/mol. The van der Waals surface area contributed by atoms with Gasteiger partial charge in [-0.05, 0) is 25.3 Å². The van der Waals surface area contributed by atoms with Gasteiger partial charge in [0, 0.05) is 6.54 Å². The molecule has 0 aliphatic rings. The number of aryl methyl sites for hydroxylation is 1. The summed E-state index contributed by atoms with van der Waals surface area (Å²) in [7, 11) is 0. The average Bonchev–Trinajstić information content (AvgIpc) is 3.06. The molecule has 0 radical (unpaired) electrons. The number of aromatic nitrogens is 1. The number of nitrogens with one attached hydrogen (secondary N) is 1. The fraction of sp³-hybridized carbons (Fsp3) is 0.333. The standard InChI is InChI=1S/C15H18N2O2S2/c1-10(2)9-19-7-6-16-14(18)13-11(3)17-15(21-13)12-5-4-8-20-12/h4-5,8H,1,6-7,9H2,2-3H3,(H,16,18). The van der Waals surface area contributed by atoms with Gasteiger partial charge in [0.05, 0.1) is 23.8 Å². The lowest BCUT2D eigenvalue weighted by Gasteiger charge is -2.05. The van der Waals surface area contributed by atoms with Gasteiger partial charge in [0.25, 0.3) is 5.91 Å². The molecule has 21 heavy (non-hydrogen) atoms. The molecule has 2 aromatic heterocycles. The van der Waals surface area contributed by atoms with Crippen LogP contribution in [0.3, 0.4) is 0 Å². The summed E-state index contributed by atoms with van der Waals surface area (Å²) in [6.07, 6.45) is 0. The number of carbonyl (C=O) groups is 1. The predicted octanol–water partition coefficient (Wildman–Crippen LogP) is 3.50. The first-order valence-corrected chi connectivity index (χ1v) is 8.29. The van der Waals surface area contributed by atoms with E-state index in [2.05, 4.69) is 16.9 Å². The number of amides is 1. The Hall–Kier alpha value is -1.50.